The lowest BCUT2D eigenvalue weighted by Crippen LogP contribution is -2.13. The molecule has 1 rings (SSSR count). The molecule has 0 N–H and O–H groups in total. The first-order valence-corrected chi connectivity index (χ1v) is 7.80. The van der Waals surface area contributed by atoms with Crippen LogP contribution in [0.2, 0.25) is 0 Å². The number of allylic oxidation sites excluding steroid dienone is 3. The van der Waals surface area contributed by atoms with Crippen LogP contribution in [0.15, 0.2) is 23.3 Å². The van der Waals surface area contributed by atoms with Crippen molar-refractivity contribution in [2.45, 2.75) is 65.2 Å². The van der Waals surface area contributed by atoms with Crippen molar-refractivity contribution < 1.29 is 14.3 Å². The van der Waals surface area contributed by atoms with Crippen LogP contribution in [0.3, 0.4) is 0 Å². The molecule has 3 nitrogen and oxygen atoms in total. The fourth-order valence-electron chi connectivity index (χ4n) is 2.14. The molecule has 0 bridgehead atoms. The summed E-state index contributed by atoms with van der Waals surface area (Å²) in [5, 5.41) is 0. The number of hydrogen-bond donors (Lipinski definition) is 0. The van der Waals surface area contributed by atoms with E-state index in [1.54, 1.807) is 6.08 Å². The maximum absolute atomic E-state index is 12.0. The van der Waals surface area contributed by atoms with Gasteiger partial charge in [-0.05, 0) is 31.8 Å². The zero-order chi connectivity index (χ0) is 14.8. The number of ether oxygens (including phenoxy) is 1. The van der Waals surface area contributed by atoms with Gasteiger partial charge < -0.3 is 4.74 Å². The Morgan fingerprint density at radius 3 is 2.60 bits per heavy atom. The Labute approximate surface area is 122 Å². The zero-order valence-electron chi connectivity index (χ0n) is 12.7. The van der Waals surface area contributed by atoms with Crippen LogP contribution in [0.1, 0.15) is 65.2 Å². The quantitative estimate of drug-likeness (QED) is 0.470. The van der Waals surface area contributed by atoms with Gasteiger partial charge in [-0.1, -0.05) is 39.2 Å². The van der Waals surface area contributed by atoms with Crippen molar-refractivity contribution in [1.82, 2.24) is 0 Å². The molecule has 0 atom stereocenters. The maximum atomic E-state index is 12.0. The number of unbranched alkanes of at least 4 members (excludes halogenated alkanes) is 3. The summed E-state index contributed by atoms with van der Waals surface area (Å²) in [4.78, 5) is 23.9. The highest BCUT2D eigenvalue weighted by Gasteiger charge is 2.17. The molecule has 0 spiro atoms. The minimum absolute atomic E-state index is 0.150. The van der Waals surface area contributed by atoms with Crippen molar-refractivity contribution in [3.8, 4) is 0 Å². The summed E-state index contributed by atoms with van der Waals surface area (Å²) >= 11 is 0. The molecule has 0 saturated heterocycles. The topological polar surface area (TPSA) is 43.4 Å². The van der Waals surface area contributed by atoms with Crippen LogP contribution in [-0.2, 0) is 14.3 Å². The summed E-state index contributed by atoms with van der Waals surface area (Å²) in [5.74, 6) is -0.109. The summed E-state index contributed by atoms with van der Waals surface area (Å²) in [6.07, 6.45) is 10.7. The number of Topliss-reactive ketones (excluding diaryl/α,β-unsaturated/α-hetero) is 1. The second-order valence-electron chi connectivity index (χ2n) is 5.24. The van der Waals surface area contributed by atoms with E-state index in [1.165, 1.54) is 0 Å². The molecule has 0 unspecified atom stereocenters. The molecule has 0 aromatic carbocycles. The lowest BCUT2D eigenvalue weighted by atomic mass is 9.95. The van der Waals surface area contributed by atoms with Gasteiger partial charge in [0.2, 0.25) is 0 Å². The predicted octanol–water partition coefficient (Wildman–Crippen LogP) is 4.13. The van der Waals surface area contributed by atoms with Crippen LogP contribution in [0, 0.1) is 0 Å². The molecule has 1 aliphatic carbocycles. The Morgan fingerprint density at radius 2 is 1.90 bits per heavy atom. The monoisotopic (exact) mass is 278 g/mol. The predicted molar refractivity (Wildman–Crippen MR) is 80.4 cm³/mol. The van der Waals surface area contributed by atoms with Gasteiger partial charge in [-0.25, -0.2) is 4.79 Å². The molecule has 3 heteroatoms. The number of carbonyl (C=O) groups excluding carboxylic acids is 2. The highest BCUT2D eigenvalue weighted by Crippen LogP contribution is 2.21. The smallest absolute Gasteiger partial charge is 0.334 e. The van der Waals surface area contributed by atoms with E-state index < -0.39 is 0 Å². The Kier molecular flexibility index (Phi) is 7.93. The summed E-state index contributed by atoms with van der Waals surface area (Å²) in [6, 6.07) is 0. The fraction of sp³-hybridized carbons (Fsp3) is 0.647. The standard InChI is InChI=1S/C17H26O3/c1-3-5-7-11-16(18)14-9-8-10-15(13-14)17(19)20-12-6-4-2/h9,13H,3-8,10-12H2,1-2H3. The van der Waals surface area contributed by atoms with Crippen molar-refractivity contribution >= 4 is 11.8 Å². The van der Waals surface area contributed by atoms with Crippen molar-refractivity contribution in [2.75, 3.05) is 6.61 Å². The maximum Gasteiger partial charge on any atom is 0.334 e. The lowest BCUT2D eigenvalue weighted by molar-refractivity contribution is -0.139. The molecule has 0 heterocycles. The Morgan fingerprint density at radius 1 is 1.15 bits per heavy atom. The van der Waals surface area contributed by atoms with Crippen LogP contribution < -0.4 is 0 Å². The fourth-order valence-corrected chi connectivity index (χ4v) is 2.14. The molecular weight excluding hydrogens is 252 g/mol. The summed E-state index contributed by atoms with van der Waals surface area (Å²) in [5.41, 5.74) is 1.33. The van der Waals surface area contributed by atoms with E-state index in [4.69, 9.17) is 4.74 Å². The molecule has 20 heavy (non-hydrogen) atoms. The van der Waals surface area contributed by atoms with Crippen LogP contribution in [-0.4, -0.2) is 18.4 Å². The average Bonchev–Trinajstić information content (AvgIpc) is 2.47. The zero-order valence-corrected chi connectivity index (χ0v) is 12.7. The van der Waals surface area contributed by atoms with Gasteiger partial charge in [0.25, 0.3) is 0 Å². The van der Waals surface area contributed by atoms with Gasteiger partial charge in [0.15, 0.2) is 5.78 Å². The second-order valence-corrected chi connectivity index (χ2v) is 5.24. The SMILES string of the molecule is CCCCCC(=O)C1=CCCC(C(=O)OCCCC)=C1. The molecule has 0 amide bonds. The minimum Gasteiger partial charge on any atom is -0.462 e. The Balaban J connectivity index is 2.51. The first-order valence-electron chi connectivity index (χ1n) is 7.80. The van der Waals surface area contributed by atoms with E-state index in [1.807, 2.05) is 6.08 Å². The highest BCUT2D eigenvalue weighted by molar-refractivity contribution is 6.01. The van der Waals surface area contributed by atoms with Crippen molar-refractivity contribution in [1.29, 1.82) is 0 Å². The van der Waals surface area contributed by atoms with E-state index in [9.17, 15) is 9.59 Å². The van der Waals surface area contributed by atoms with Gasteiger partial charge in [-0.15, -0.1) is 0 Å². The number of ketones is 1. The van der Waals surface area contributed by atoms with Gasteiger partial charge >= 0.3 is 5.97 Å². The minimum atomic E-state index is -0.259. The number of carbonyl (C=O) groups is 2. The number of esters is 1. The van der Waals surface area contributed by atoms with E-state index in [2.05, 4.69) is 13.8 Å². The average molecular weight is 278 g/mol. The Hall–Kier alpha value is -1.38. The largest absolute Gasteiger partial charge is 0.462 e. The number of hydrogen-bond acceptors (Lipinski definition) is 3. The van der Waals surface area contributed by atoms with E-state index in [-0.39, 0.29) is 11.8 Å². The highest BCUT2D eigenvalue weighted by atomic mass is 16.5. The Bertz CT molecular complexity index is 391. The van der Waals surface area contributed by atoms with Gasteiger partial charge in [0, 0.05) is 17.6 Å². The van der Waals surface area contributed by atoms with Gasteiger partial charge in [-0.2, -0.15) is 0 Å². The molecule has 1 aliphatic rings. The van der Waals surface area contributed by atoms with Crippen molar-refractivity contribution in [2.24, 2.45) is 0 Å². The van der Waals surface area contributed by atoms with Crippen LogP contribution >= 0.6 is 0 Å². The van der Waals surface area contributed by atoms with Crippen molar-refractivity contribution in [3.63, 3.8) is 0 Å². The molecule has 0 saturated carbocycles. The molecule has 0 fully saturated rings. The van der Waals surface area contributed by atoms with E-state index in [0.29, 0.717) is 30.6 Å². The van der Waals surface area contributed by atoms with Gasteiger partial charge in [0.1, 0.15) is 0 Å². The first-order chi connectivity index (χ1) is 9.69. The van der Waals surface area contributed by atoms with E-state index >= 15 is 0 Å². The third-order valence-corrected chi connectivity index (χ3v) is 3.43. The molecular formula is C17H26O3. The molecule has 0 radical (unpaired) electrons. The third-order valence-electron chi connectivity index (χ3n) is 3.43. The van der Waals surface area contributed by atoms with Gasteiger partial charge in [-0.3, -0.25) is 4.79 Å². The third kappa shape index (κ3) is 5.72. The van der Waals surface area contributed by atoms with Crippen molar-refractivity contribution in [3.05, 3.63) is 23.3 Å². The van der Waals surface area contributed by atoms with E-state index in [0.717, 1.165) is 38.5 Å². The summed E-state index contributed by atoms with van der Waals surface area (Å²) < 4.78 is 5.20. The summed E-state index contributed by atoms with van der Waals surface area (Å²) in [7, 11) is 0. The molecule has 0 aliphatic heterocycles. The van der Waals surface area contributed by atoms with Crippen LogP contribution in [0.25, 0.3) is 0 Å². The van der Waals surface area contributed by atoms with Gasteiger partial charge in [0.05, 0.1) is 6.61 Å². The van der Waals surface area contributed by atoms with Crippen LogP contribution in [0.5, 0.6) is 0 Å². The molecule has 0 aromatic rings. The summed E-state index contributed by atoms with van der Waals surface area (Å²) in [6.45, 7) is 4.65. The molecule has 0 aromatic heterocycles. The van der Waals surface area contributed by atoms with Crippen LogP contribution in [0.4, 0.5) is 0 Å². The second kappa shape index (κ2) is 9.51. The lowest BCUT2D eigenvalue weighted by Gasteiger charge is -2.12. The normalized spacial score (nSPS) is 14.5. The molecule has 112 valence electrons. The number of rotatable bonds is 9. The first kappa shape index (κ1) is 16.7.